The predicted molar refractivity (Wildman–Crippen MR) is 84.3 cm³/mol. The first kappa shape index (κ1) is 15.2. The van der Waals surface area contributed by atoms with Crippen LogP contribution in [0.5, 0.6) is 11.5 Å². The van der Waals surface area contributed by atoms with Gasteiger partial charge in [-0.05, 0) is 18.6 Å². The third-order valence-electron chi connectivity index (χ3n) is 4.44. The fourth-order valence-electron chi connectivity index (χ4n) is 3.61. The third-order valence-corrected chi connectivity index (χ3v) is 4.44. The molecule has 1 saturated heterocycles. The van der Waals surface area contributed by atoms with Crippen molar-refractivity contribution in [2.45, 2.75) is 26.7 Å². The number of carbonyl (C=O) groups excluding carboxylic acids is 1. The minimum Gasteiger partial charge on any atom is -0.454 e. The van der Waals surface area contributed by atoms with Gasteiger partial charge in [-0.2, -0.15) is 0 Å². The van der Waals surface area contributed by atoms with Gasteiger partial charge in [0.15, 0.2) is 11.5 Å². The highest BCUT2D eigenvalue weighted by Crippen LogP contribution is 2.34. The Kier molecular flexibility index (Phi) is 4.52. The van der Waals surface area contributed by atoms with Crippen LogP contribution in [0.3, 0.4) is 0 Å². The van der Waals surface area contributed by atoms with Crippen LogP contribution in [-0.4, -0.2) is 32.3 Å². The van der Waals surface area contributed by atoms with Gasteiger partial charge in [-0.3, -0.25) is 4.79 Å². The number of hydrogen-bond donors (Lipinski definition) is 2. The Hall–Kier alpha value is -1.75. The lowest BCUT2D eigenvalue weighted by Gasteiger charge is -2.31. The molecule has 3 rings (SSSR count). The molecule has 0 radical (unpaired) electrons. The Morgan fingerprint density at radius 1 is 1.23 bits per heavy atom. The zero-order chi connectivity index (χ0) is 15.5. The number of piperidine rings is 1. The highest BCUT2D eigenvalue weighted by Gasteiger charge is 2.25. The quantitative estimate of drug-likeness (QED) is 0.882. The first-order valence-corrected chi connectivity index (χ1v) is 8.13. The molecule has 1 amide bonds. The van der Waals surface area contributed by atoms with Gasteiger partial charge in [0.2, 0.25) is 12.7 Å². The normalized spacial score (nSPS) is 26.7. The Morgan fingerprint density at radius 3 is 2.73 bits per heavy atom. The van der Waals surface area contributed by atoms with Gasteiger partial charge in [0.25, 0.3) is 0 Å². The minimum absolute atomic E-state index is 0.0669. The van der Waals surface area contributed by atoms with Gasteiger partial charge >= 0.3 is 0 Å². The lowest BCUT2D eigenvalue weighted by Crippen LogP contribution is -3.14. The van der Waals surface area contributed by atoms with E-state index in [1.54, 1.807) is 4.90 Å². The first-order chi connectivity index (χ1) is 10.6. The molecule has 0 aromatic heterocycles. The van der Waals surface area contributed by atoms with E-state index in [4.69, 9.17) is 9.47 Å². The van der Waals surface area contributed by atoms with Crippen molar-refractivity contribution in [3.05, 3.63) is 18.2 Å². The summed E-state index contributed by atoms with van der Waals surface area (Å²) in [5.74, 6) is 3.02. The van der Waals surface area contributed by atoms with Crippen LogP contribution in [0.15, 0.2) is 18.2 Å². The number of rotatable bonds is 4. The van der Waals surface area contributed by atoms with Crippen LogP contribution in [0.25, 0.3) is 0 Å². The van der Waals surface area contributed by atoms with E-state index in [0.717, 1.165) is 29.8 Å². The predicted octanol–water partition coefficient (Wildman–Crippen LogP) is 1.30. The Bertz CT molecular complexity index is 537. The summed E-state index contributed by atoms with van der Waals surface area (Å²) in [4.78, 5) is 13.7. The molecule has 0 spiro atoms. The number of anilines is 1. The van der Waals surface area contributed by atoms with Crippen molar-refractivity contribution in [1.29, 1.82) is 0 Å². The van der Waals surface area contributed by atoms with Crippen LogP contribution in [0, 0.1) is 11.8 Å². The van der Waals surface area contributed by atoms with Crippen molar-refractivity contribution in [3.8, 4) is 11.5 Å². The van der Waals surface area contributed by atoms with Crippen LogP contribution in [0.4, 0.5) is 5.69 Å². The highest BCUT2D eigenvalue weighted by atomic mass is 16.7. The summed E-state index contributed by atoms with van der Waals surface area (Å²) in [5.41, 5.74) is 0.768. The van der Waals surface area contributed by atoms with Crippen molar-refractivity contribution in [1.82, 2.24) is 0 Å². The van der Waals surface area contributed by atoms with Gasteiger partial charge in [0.1, 0.15) is 0 Å². The van der Waals surface area contributed by atoms with E-state index in [2.05, 4.69) is 19.2 Å². The zero-order valence-electron chi connectivity index (χ0n) is 13.4. The maximum Gasteiger partial charge on any atom is 0.231 e. The molecule has 5 nitrogen and oxygen atoms in total. The van der Waals surface area contributed by atoms with Crippen molar-refractivity contribution >= 4 is 11.6 Å². The summed E-state index contributed by atoms with van der Waals surface area (Å²) in [6.45, 7) is 8.14. The molecule has 0 aliphatic carbocycles. The fourth-order valence-corrected chi connectivity index (χ4v) is 3.61. The molecular weight excluding hydrogens is 280 g/mol. The van der Waals surface area contributed by atoms with Crippen molar-refractivity contribution < 1.29 is 19.2 Å². The zero-order valence-corrected chi connectivity index (χ0v) is 13.4. The van der Waals surface area contributed by atoms with Gasteiger partial charge in [-0.25, -0.2) is 0 Å². The molecule has 2 heterocycles. The highest BCUT2D eigenvalue weighted by molar-refractivity contribution is 5.91. The Labute approximate surface area is 131 Å². The summed E-state index contributed by atoms with van der Waals surface area (Å²) in [6.07, 6.45) is 1.87. The summed E-state index contributed by atoms with van der Waals surface area (Å²) >= 11 is 0. The SMILES string of the molecule is C[C@@H]1C[C@@H](C)C[NH+](CCC(=O)Nc2ccc3c(c2)OCO3)C1. The third kappa shape index (κ3) is 3.71. The molecule has 1 fully saturated rings. The maximum atomic E-state index is 12.1. The summed E-state index contributed by atoms with van der Waals surface area (Å²) in [6, 6.07) is 5.50. The van der Waals surface area contributed by atoms with E-state index < -0.39 is 0 Å². The number of fused-ring (bicyclic) bond motifs is 1. The van der Waals surface area contributed by atoms with Gasteiger partial charge in [-0.15, -0.1) is 0 Å². The van der Waals surface area contributed by atoms with Crippen LogP contribution >= 0.6 is 0 Å². The van der Waals surface area contributed by atoms with Crippen molar-refractivity contribution in [2.24, 2.45) is 11.8 Å². The maximum absolute atomic E-state index is 12.1. The summed E-state index contributed by atoms with van der Waals surface area (Å²) in [5, 5.41) is 2.95. The largest absolute Gasteiger partial charge is 0.454 e. The lowest BCUT2D eigenvalue weighted by molar-refractivity contribution is -0.911. The molecule has 5 heteroatoms. The Balaban J connectivity index is 1.48. The van der Waals surface area contributed by atoms with Crippen LogP contribution in [-0.2, 0) is 4.79 Å². The van der Waals surface area contributed by atoms with Crippen LogP contribution < -0.4 is 19.7 Å². The molecule has 0 bridgehead atoms. The summed E-state index contributed by atoms with van der Waals surface area (Å²) < 4.78 is 10.6. The van der Waals surface area contributed by atoms with Gasteiger partial charge in [0, 0.05) is 23.6 Å². The first-order valence-electron chi connectivity index (χ1n) is 8.13. The number of nitrogens with one attached hydrogen (secondary N) is 2. The van der Waals surface area contributed by atoms with E-state index in [1.807, 2.05) is 18.2 Å². The number of benzene rings is 1. The molecule has 120 valence electrons. The van der Waals surface area contributed by atoms with Crippen LogP contribution in [0.1, 0.15) is 26.7 Å². The average molecular weight is 305 g/mol. The number of amides is 1. The number of quaternary nitrogens is 1. The van der Waals surface area contributed by atoms with E-state index in [9.17, 15) is 4.79 Å². The second-order valence-corrected chi connectivity index (χ2v) is 6.72. The summed E-state index contributed by atoms with van der Waals surface area (Å²) in [7, 11) is 0. The molecule has 1 aromatic rings. The molecule has 2 atom stereocenters. The molecular formula is C17H25N2O3+. The molecule has 2 N–H and O–H groups in total. The smallest absolute Gasteiger partial charge is 0.231 e. The average Bonchev–Trinajstić information content (AvgIpc) is 2.92. The number of carbonyl (C=O) groups is 1. The fraction of sp³-hybridized carbons (Fsp3) is 0.588. The molecule has 22 heavy (non-hydrogen) atoms. The Morgan fingerprint density at radius 2 is 1.95 bits per heavy atom. The van der Waals surface area contributed by atoms with Crippen molar-refractivity contribution in [3.63, 3.8) is 0 Å². The number of likely N-dealkylation sites (tertiary alicyclic amines) is 1. The van der Waals surface area contributed by atoms with Gasteiger partial charge in [-0.1, -0.05) is 13.8 Å². The number of hydrogen-bond acceptors (Lipinski definition) is 3. The topological polar surface area (TPSA) is 52.0 Å². The lowest BCUT2D eigenvalue weighted by atomic mass is 9.92. The molecule has 0 unspecified atom stereocenters. The van der Waals surface area contributed by atoms with Crippen molar-refractivity contribution in [2.75, 3.05) is 31.7 Å². The molecule has 2 aliphatic heterocycles. The van der Waals surface area contributed by atoms with E-state index in [0.29, 0.717) is 12.2 Å². The monoisotopic (exact) mass is 305 g/mol. The molecule has 1 aromatic carbocycles. The second kappa shape index (κ2) is 6.57. The standard InChI is InChI=1S/C17H24N2O3/c1-12-7-13(2)10-19(9-12)6-5-17(20)18-14-3-4-15-16(8-14)22-11-21-15/h3-4,8,12-13H,5-7,9-11H2,1-2H3,(H,18,20)/p+1/t12-,13-/m1/s1. The van der Waals surface area contributed by atoms with E-state index >= 15 is 0 Å². The van der Waals surface area contributed by atoms with Gasteiger partial charge in [0.05, 0.1) is 26.1 Å². The molecule has 2 aliphatic rings. The second-order valence-electron chi connectivity index (χ2n) is 6.72. The van der Waals surface area contributed by atoms with E-state index in [1.165, 1.54) is 19.5 Å². The number of ether oxygens (including phenoxy) is 2. The molecule has 0 saturated carbocycles. The van der Waals surface area contributed by atoms with Crippen LogP contribution in [0.2, 0.25) is 0 Å². The minimum atomic E-state index is 0.0669. The van der Waals surface area contributed by atoms with Gasteiger partial charge < -0.3 is 19.7 Å². The van der Waals surface area contributed by atoms with E-state index in [-0.39, 0.29) is 12.7 Å².